The lowest BCUT2D eigenvalue weighted by molar-refractivity contribution is -0.139. The summed E-state index contributed by atoms with van der Waals surface area (Å²) in [6.07, 6.45) is 2.18. The number of anilines is 1. The average molecular weight is 280 g/mol. The van der Waals surface area contributed by atoms with Gasteiger partial charge < -0.3 is 5.32 Å². The first-order valence-corrected chi connectivity index (χ1v) is 7.34. The summed E-state index contributed by atoms with van der Waals surface area (Å²) in [5.74, 6) is -0.115. The lowest BCUT2D eigenvalue weighted by atomic mass is 10.1. The number of carbonyl (C=O) groups is 2. The minimum Gasteiger partial charge on any atom is -0.373 e. The van der Waals surface area contributed by atoms with Crippen molar-refractivity contribution in [1.82, 2.24) is 4.90 Å². The molecule has 106 valence electrons. The maximum atomic E-state index is 12.4. The molecule has 2 fully saturated rings. The van der Waals surface area contributed by atoms with Crippen LogP contribution < -0.4 is 5.32 Å². The van der Waals surface area contributed by atoms with Gasteiger partial charge in [-0.15, -0.1) is 0 Å². The van der Waals surface area contributed by atoms with Gasteiger partial charge in [0.1, 0.15) is 6.04 Å². The molecule has 0 bridgehead atoms. The topological polar surface area (TPSA) is 49.4 Å². The van der Waals surface area contributed by atoms with Gasteiger partial charge in [-0.3, -0.25) is 14.5 Å². The predicted octanol–water partition coefficient (Wildman–Crippen LogP) is 2.54. The molecule has 21 heavy (non-hydrogen) atoms. The van der Waals surface area contributed by atoms with Crippen LogP contribution in [0.3, 0.4) is 0 Å². The number of hydrogen-bond acceptors (Lipinski definition) is 3. The third-order valence-electron chi connectivity index (χ3n) is 4.21. The minimum absolute atomic E-state index is 0.0414. The fourth-order valence-corrected chi connectivity index (χ4v) is 3.02. The van der Waals surface area contributed by atoms with Crippen LogP contribution in [0.25, 0.3) is 10.8 Å². The highest BCUT2D eigenvalue weighted by Gasteiger charge is 2.46. The fraction of sp³-hybridized carbons (Fsp3) is 0.294. The number of nitrogens with one attached hydrogen (secondary N) is 1. The van der Waals surface area contributed by atoms with Crippen LogP contribution in [0.15, 0.2) is 42.5 Å². The van der Waals surface area contributed by atoms with Gasteiger partial charge in [0.05, 0.1) is 6.42 Å². The molecule has 2 amide bonds. The Bertz CT molecular complexity index is 731. The summed E-state index contributed by atoms with van der Waals surface area (Å²) >= 11 is 0. The van der Waals surface area contributed by atoms with Crippen molar-refractivity contribution in [3.8, 4) is 0 Å². The standard InChI is InChI=1S/C17H16N2O2/c20-16-10-15(17(21)19(16)12-8-9-12)18-14-7-3-5-11-4-1-2-6-13(11)14/h1-7,12,15,18H,8-10H2. The van der Waals surface area contributed by atoms with Gasteiger partial charge in [-0.05, 0) is 24.3 Å². The Kier molecular flexibility index (Phi) is 2.70. The van der Waals surface area contributed by atoms with E-state index in [-0.39, 0.29) is 24.3 Å². The van der Waals surface area contributed by atoms with Crippen molar-refractivity contribution in [2.75, 3.05) is 5.32 Å². The second-order valence-corrected chi connectivity index (χ2v) is 5.76. The van der Waals surface area contributed by atoms with Crippen LogP contribution in [0.5, 0.6) is 0 Å². The van der Waals surface area contributed by atoms with Crippen molar-refractivity contribution in [2.24, 2.45) is 0 Å². The Hall–Kier alpha value is -2.36. The number of likely N-dealkylation sites (tertiary alicyclic amines) is 1. The molecule has 1 saturated heterocycles. The molecule has 1 atom stereocenters. The molecule has 1 aliphatic carbocycles. The maximum absolute atomic E-state index is 12.4. The van der Waals surface area contributed by atoms with Crippen molar-refractivity contribution in [3.63, 3.8) is 0 Å². The Balaban J connectivity index is 1.63. The first-order chi connectivity index (χ1) is 10.2. The van der Waals surface area contributed by atoms with Crippen LogP contribution in [0, 0.1) is 0 Å². The Morgan fingerprint density at radius 2 is 1.76 bits per heavy atom. The summed E-state index contributed by atoms with van der Waals surface area (Å²) in [5, 5.41) is 5.46. The predicted molar refractivity (Wildman–Crippen MR) is 80.9 cm³/mol. The number of fused-ring (bicyclic) bond motifs is 1. The molecule has 1 unspecified atom stereocenters. The van der Waals surface area contributed by atoms with E-state index in [2.05, 4.69) is 5.32 Å². The highest BCUT2D eigenvalue weighted by atomic mass is 16.2. The van der Waals surface area contributed by atoms with E-state index in [4.69, 9.17) is 0 Å². The first-order valence-electron chi connectivity index (χ1n) is 7.34. The number of carbonyl (C=O) groups excluding carboxylic acids is 2. The zero-order valence-corrected chi connectivity index (χ0v) is 11.6. The van der Waals surface area contributed by atoms with Gasteiger partial charge in [0.25, 0.3) is 5.91 Å². The van der Waals surface area contributed by atoms with Crippen LogP contribution in [0.1, 0.15) is 19.3 Å². The van der Waals surface area contributed by atoms with Gasteiger partial charge in [-0.1, -0.05) is 36.4 Å². The van der Waals surface area contributed by atoms with Crippen LogP contribution >= 0.6 is 0 Å². The molecule has 2 aromatic carbocycles. The number of benzene rings is 2. The molecule has 0 aromatic heterocycles. The van der Waals surface area contributed by atoms with E-state index in [0.29, 0.717) is 0 Å². The van der Waals surface area contributed by atoms with Crippen molar-refractivity contribution in [1.29, 1.82) is 0 Å². The number of imide groups is 1. The van der Waals surface area contributed by atoms with E-state index >= 15 is 0 Å². The van der Waals surface area contributed by atoms with Gasteiger partial charge in [0.15, 0.2) is 0 Å². The normalized spacial score (nSPS) is 22.1. The molecule has 2 aromatic rings. The summed E-state index contributed by atoms with van der Waals surface area (Å²) in [5.41, 5.74) is 0.914. The summed E-state index contributed by atoms with van der Waals surface area (Å²) in [6, 6.07) is 13.7. The van der Waals surface area contributed by atoms with E-state index < -0.39 is 6.04 Å². The molecule has 1 heterocycles. The molecule has 1 N–H and O–H groups in total. The average Bonchev–Trinajstić information content (AvgIpc) is 3.27. The molecule has 0 spiro atoms. The largest absolute Gasteiger partial charge is 0.373 e. The van der Waals surface area contributed by atoms with Crippen LogP contribution in [-0.2, 0) is 9.59 Å². The van der Waals surface area contributed by atoms with Crippen molar-refractivity contribution in [3.05, 3.63) is 42.5 Å². The Morgan fingerprint density at radius 1 is 1.00 bits per heavy atom. The molecule has 1 aliphatic heterocycles. The number of hydrogen-bond donors (Lipinski definition) is 1. The maximum Gasteiger partial charge on any atom is 0.252 e. The van der Waals surface area contributed by atoms with Gasteiger partial charge in [-0.2, -0.15) is 0 Å². The summed E-state index contributed by atoms with van der Waals surface area (Å²) < 4.78 is 0. The van der Waals surface area contributed by atoms with E-state index in [1.54, 1.807) is 0 Å². The van der Waals surface area contributed by atoms with Crippen LogP contribution in [-0.4, -0.2) is 28.8 Å². The summed E-state index contributed by atoms with van der Waals surface area (Å²) in [6.45, 7) is 0. The molecule has 4 rings (SSSR count). The van der Waals surface area contributed by atoms with Gasteiger partial charge >= 0.3 is 0 Å². The zero-order chi connectivity index (χ0) is 14.4. The zero-order valence-electron chi connectivity index (χ0n) is 11.6. The van der Waals surface area contributed by atoms with Crippen molar-refractivity contribution < 1.29 is 9.59 Å². The van der Waals surface area contributed by atoms with Crippen molar-refractivity contribution in [2.45, 2.75) is 31.3 Å². The Morgan fingerprint density at radius 3 is 2.57 bits per heavy atom. The number of amides is 2. The van der Waals surface area contributed by atoms with Crippen molar-refractivity contribution >= 4 is 28.3 Å². The second-order valence-electron chi connectivity index (χ2n) is 5.76. The number of rotatable bonds is 3. The molecule has 0 radical (unpaired) electrons. The number of nitrogens with zero attached hydrogens (tertiary/aromatic N) is 1. The van der Waals surface area contributed by atoms with E-state index in [9.17, 15) is 9.59 Å². The molecular formula is C17H16N2O2. The third kappa shape index (κ3) is 2.07. The smallest absolute Gasteiger partial charge is 0.252 e. The lowest BCUT2D eigenvalue weighted by Gasteiger charge is -2.16. The monoisotopic (exact) mass is 280 g/mol. The first kappa shape index (κ1) is 12.4. The van der Waals surface area contributed by atoms with E-state index in [1.807, 2.05) is 42.5 Å². The Labute approximate surface area is 122 Å². The summed E-state index contributed by atoms with van der Waals surface area (Å²) in [4.78, 5) is 25.8. The van der Waals surface area contributed by atoms with Gasteiger partial charge in [0, 0.05) is 17.1 Å². The van der Waals surface area contributed by atoms with Gasteiger partial charge in [0.2, 0.25) is 5.91 Å². The quantitative estimate of drug-likeness (QED) is 0.879. The minimum atomic E-state index is -0.427. The fourth-order valence-electron chi connectivity index (χ4n) is 3.02. The molecule has 4 heteroatoms. The highest BCUT2D eigenvalue weighted by Crippen LogP contribution is 2.33. The van der Waals surface area contributed by atoms with Gasteiger partial charge in [-0.25, -0.2) is 0 Å². The lowest BCUT2D eigenvalue weighted by Crippen LogP contribution is -2.36. The summed E-state index contributed by atoms with van der Waals surface area (Å²) in [7, 11) is 0. The molecule has 4 nitrogen and oxygen atoms in total. The van der Waals surface area contributed by atoms with Crippen LogP contribution in [0.2, 0.25) is 0 Å². The SMILES string of the molecule is O=C1CC(Nc2cccc3ccccc23)C(=O)N1C1CC1. The van der Waals surface area contributed by atoms with E-state index in [0.717, 1.165) is 29.3 Å². The molecular weight excluding hydrogens is 264 g/mol. The molecule has 2 aliphatic rings. The van der Waals surface area contributed by atoms with E-state index in [1.165, 1.54) is 4.90 Å². The second kappa shape index (κ2) is 4.58. The third-order valence-corrected chi connectivity index (χ3v) is 4.21. The highest BCUT2D eigenvalue weighted by molar-refractivity contribution is 6.08. The molecule has 1 saturated carbocycles. The van der Waals surface area contributed by atoms with Crippen LogP contribution in [0.4, 0.5) is 5.69 Å².